The van der Waals surface area contributed by atoms with Gasteiger partial charge in [0.1, 0.15) is 0 Å². The molecule has 0 unspecified atom stereocenters. The van der Waals surface area contributed by atoms with Gasteiger partial charge in [-0.15, -0.1) is 0 Å². The number of nitro groups is 1. The van der Waals surface area contributed by atoms with Crippen molar-refractivity contribution in [2.45, 2.75) is 31.1 Å². The lowest BCUT2D eigenvalue weighted by atomic mass is 10.1. The van der Waals surface area contributed by atoms with Gasteiger partial charge in [-0.3, -0.25) is 14.9 Å². The van der Waals surface area contributed by atoms with Crippen molar-refractivity contribution in [3.8, 4) is 0 Å². The Labute approximate surface area is 174 Å². The molecule has 1 fully saturated rings. The fourth-order valence-corrected chi connectivity index (χ4v) is 4.72. The van der Waals surface area contributed by atoms with Crippen molar-refractivity contribution >= 4 is 27.3 Å². The van der Waals surface area contributed by atoms with Crippen molar-refractivity contribution in [2.75, 3.05) is 13.1 Å². The molecule has 9 nitrogen and oxygen atoms in total. The summed E-state index contributed by atoms with van der Waals surface area (Å²) in [6, 6.07) is 11.7. The van der Waals surface area contributed by atoms with Crippen molar-refractivity contribution in [1.82, 2.24) is 9.73 Å². The van der Waals surface area contributed by atoms with Crippen molar-refractivity contribution in [3.05, 3.63) is 69.8 Å². The zero-order valence-electron chi connectivity index (χ0n) is 16.4. The molecule has 158 valence electrons. The van der Waals surface area contributed by atoms with Gasteiger partial charge in [-0.05, 0) is 38.0 Å². The number of non-ortho nitro benzene ring substituents is 1. The van der Waals surface area contributed by atoms with Gasteiger partial charge in [-0.2, -0.15) is 9.41 Å². The van der Waals surface area contributed by atoms with Gasteiger partial charge >= 0.3 is 0 Å². The summed E-state index contributed by atoms with van der Waals surface area (Å²) in [5, 5.41) is 14.9. The topological polar surface area (TPSA) is 122 Å². The standard InChI is InChI=1S/C20H22N4O5S/c1-15(16-7-5-9-18(13-16)24(26)27)21-22-20(25)17-8-6-10-19(14-17)30(28,29)23-11-3-2-4-12-23/h5-10,13-14H,2-4,11-12H2,1H3,(H,22,25). The molecule has 0 atom stereocenters. The van der Waals surface area contributed by atoms with E-state index >= 15 is 0 Å². The third-order valence-corrected chi connectivity index (χ3v) is 6.74. The Kier molecular flexibility index (Phi) is 6.58. The van der Waals surface area contributed by atoms with Crippen LogP contribution in [0.2, 0.25) is 0 Å². The smallest absolute Gasteiger partial charge is 0.267 e. The van der Waals surface area contributed by atoms with E-state index in [4.69, 9.17) is 0 Å². The van der Waals surface area contributed by atoms with Gasteiger partial charge in [0, 0.05) is 36.3 Å². The molecular weight excluding hydrogens is 408 g/mol. The highest BCUT2D eigenvalue weighted by Crippen LogP contribution is 2.21. The normalized spacial score (nSPS) is 15.6. The molecule has 1 aliphatic rings. The zero-order valence-corrected chi connectivity index (χ0v) is 17.3. The number of hydrogen-bond donors (Lipinski definition) is 1. The fourth-order valence-electron chi connectivity index (χ4n) is 3.16. The number of benzene rings is 2. The minimum absolute atomic E-state index is 0.0661. The molecule has 3 rings (SSSR count). The van der Waals surface area contributed by atoms with Crippen LogP contribution in [0, 0.1) is 10.1 Å². The molecule has 0 saturated carbocycles. The first-order valence-electron chi connectivity index (χ1n) is 9.49. The first-order valence-corrected chi connectivity index (χ1v) is 10.9. The van der Waals surface area contributed by atoms with E-state index in [1.807, 2.05) is 0 Å². The van der Waals surface area contributed by atoms with Crippen LogP contribution in [0.3, 0.4) is 0 Å². The predicted molar refractivity (Wildman–Crippen MR) is 112 cm³/mol. The van der Waals surface area contributed by atoms with Gasteiger partial charge in [-0.1, -0.05) is 24.6 Å². The van der Waals surface area contributed by atoms with Crippen LogP contribution >= 0.6 is 0 Å². The molecule has 1 heterocycles. The van der Waals surface area contributed by atoms with E-state index < -0.39 is 20.9 Å². The average molecular weight is 430 g/mol. The SMILES string of the molecule is CC(=NNC(=O)c1cccc(S(=O)(=O)N2CCCCC2)c1)c1cccc([N+](=O)[O-])c1. The second-order valence-corrected chi connectivity index (χ2v) is 8.88. The summed E-state index contributed by atoms with van der Waals surface area (Å²) in [6.07, 6.45) is 2.66. The molecule has 10 heteroatoms. The maximum Gasteiger partial charge on any atom is 0.271 e. The molecular formula is C20H22N4O5S. The van der Waals surface area contributed by atoms with Gasteiger partial charge < -0.3 is 0 Å². The molecule has 0 radical (unpaired) electrons. The summed E-state index contributed by atoms with van der Waals surface area (Å²) in [7, 11) is -3.65. The summed E-state index contributed by atoms with van der Waals surface area (Å²) in [5.41, 5.74) is 3.32. The Morgan fingerprint density at radius 3 is 2.43 bits per heavy atom. The van der Waals surface area contributed by atoms with Gasteiger partial charge in [0.2, 0.25) is 10.0 Å². The predicted octanol–water partition coefficient (Wildman–Crippen LogP) is 2.92. The lowest BCUT2D eigenvalue weighted by molar-refractivity contribution is -0.384. The molecule has 0 spiro atoms. The molecule has 0 bridgehead atoms. The third-order valence-electron chi connectivity index (χ3n) is 4.85. The Bertz CT molecular complexity index is 1090. The highest BCUT2D eigenvalue weighted by Gasteiger charge is 2.26. The van der Waals surface area contributed by atoms with E-state index in [2.05, 4.69) is 10.5 Å². The van der Waals surface area contributed by atoms with Gasteiger partial charge in [0.25, 0.3) is 11.6 Å². The number of nitrogens with one attached hydrogen (secondary N) is 1. The minimum Gasteiger partial charge on any atom is -0.267 e. The number of nitro benzene ring substituents is 1. The number of hydrazone groups is 1. The number of sulfonamides is 1. The molecule has 1 N–H and O–H groups in total. The molecule has 30 heavy (non-hydrogen) atoms. The molecule has 2 aromatic rings. The average Bonchev–Trinajstić information content (AvgIpc) is 2.78. The highest BCUT2D eigenvalue weighted by molar-refractivity contribution is 7.89. The molecule has 1 amide bonds. The minimum atomic E-state index is -3.65. The fraction of sp³-hybridized carbons (Fsp3) is 0.300. The second-order valence-electron chi connectivity index (χ2n) is 6.94. The summed E-state index contributed by atoms with van der Waals surface area (Å²) >= 11 is 0. The number of amides is 1. The van der Waals surface area contributed by atoms with Crippen LogP contribution in [0.1, 0.15) is 42.1 Å². The molecule has 2 aromatic carbocycles. The first kappa shape index (κ1) is 21.6. The monoisotopic (exact) mass is 430 g/mol. The van der Waals surface area contributed by atoms with E-state index in [0.717, 1.165) is 19.3 Å². The summed E-state index contributed by atoms with van der Waals surface area (Å²) < 4.78 is 27.1. The van der Waals surface area contributed by atoms with E-state index in [0.29, 0.717) is 24.4 Å². The number of carbonyl (C=O) groups excluding carboxylic acids is 1. The van der Waals surface area contributed by atoms with Crippen LogP contribution in [-0.4, -0.2) is 42.4 Å². The Morgan fingerprint density at radius 1 is 1.07 bits per heavy atom. The van der Waals surface area contributed by atoms with Crippen LogP contribution in [-0.2, 0) is 10.0 Å². The van der Waals surface area contributed by atoms with Crippen LogP contribution < -0.4 is 5.43 Å². The van der Waals surface area contributed by atoms with E-state index in [1.165, 1.54) is 46.8 Å². The number of carbonyl (C=O) groups is 1. The van der Waals surface area contributed by atoms with Gasteiger partial charge in [0.05, 0.1) is 15.5 Å². The lowest BCUT2D eigenvalue weighted by Crippen LogP contribution is -2.35. The summed E-state index contributed by atoms with van der Waals surface area (Å²) in [4.78, 5) is 22.9. The molecule has 1 aliphatic heterocycles. The van der Waals surface area contributed by atoms with Crippen molar-refractivity contribution in [2.24, 2.45) is 5.10 Å². The van der Waals surface area contributed by atoms with Gasteiger partial charge in [0.15, 0.2) is 0 Å². The highest BCUT2D eigenvalue weighted by atomic mass is 32.2. The summed E-state index contributed by atoms with van der Waals surface area (Å²) in [6.45, 7) is 2.56. The molecule has 0 aliphatic carbocycles. The number of hydrogen-bond acceptors (Lipinski definition) is 6. The van der Waals surface area contributed by atoms with Crippen molar-refractivity contribution < 1.29 is 18.1 Å². The van der Waals surface area contributed by atoms with E-state index in [1.54, 1.807) is 13.0 Å². The quantitative estimate of drug-likeness (QED) is 0.429. The second kappa shape index (κ2) is 9.14. The number of rotatable bonds is 6. The van der Waals surface area contributed by atoms with E-state index in [9.17, 15) is 23.3 Å². The number of nitrogens with zero attached hydrogens (tertiary/aromatic N) is 3. The van der Waals surface area contributed by atoms with Crippen LogP contribution in [0.25, 0.3) is 0 Å². The Hall–Kier alpha value is -3.11. The molecule has 0 aromatic heterocycles. The zero-order chi connectivity index (χ0) is 21.7. The van der Waals surface area contributed by atoms with Crippen LogP contribution in [0.5, 0.6) is 0 Å². The maximum absolute atomic E-state index is 12.8. The summed E-state index contributed by atoms with van der Waals surface area (Å²) in [5.74, 6) is -0.574. The molecule has 1 saturated heterocycles. The van der Waals surface area contributed by atoms with E-state index in [-0.39, 0.29) is 16.1 Å². The Morgan fingerprint density at radius 2 is 1.73 bits per heavy atom. The maximum atomic E-state index is 12.8. The van der Waals surface area contributed by atoms with Crippen molar-refractivity contribution in [3.63, 3.8) is 0 Å². The Balaban J connectivity index is 1.76. The largest absolute Gasteiger partial charge is 0.271 e. The van der Waals surface area contributed by atoms with Crippen LogP contribution in [0.4, 0.5) is 5.69 Å². The van der Waals surface area contributed by atoms with Crippen molar-refractivity contribution in [1.29, 1.82) is 0 Å². The third kappa shape index (κ3) is 4.89. The van der Waals surface area contributed by atoms with Crippen LogP contribution in [0.15, 0.2) is 58.5 Å². The van der Waals surface area contributed by atoms with Gasteiger partial charge in [-0.25, -0.2) is 13.8 Å². The first-order chi connectivity index (χ1) is 14.3. The lowest BCUT2D eigenvalue weighted by Gasteiger charge is -2.25. The number of piperidine rings is 1.